The van der Waals surface area contributed by atoms with Gasteiger partial charge in [-0.3, -0.25) is 18.7 Å². The topological polar surface area (TPSA) is 81.3 Å². The molecule has 0 radical (unpaired) electrons. The lowest BCUT2D eigenvalue weighted by Crippen LogP contribution is -2.31. The van der Waals surface area contributed by atoms with Crippen LogP contribution in [0.15, 0.2) is 17.8 Å². The summed E-state index contributed by atoms with van der Waals surface area (Å²) in [6.07, 6.45) is 3.85. The number of nitrogens with one attached hydrogen (secondary N) is 1. The third kappa shape index (κ3) is 2.96. The Morgan fingerprint density at radius 2 is 2.12 bits per heavy atom. The Kier molecular flexibility index (Phi) is 4.23. The Hall–Kier alpha value is -2.48. The van der Waals surface area contributed by atoms with Gasteiger partial charge >= 0.3 is 0 Å². The fourth-order valence-electron chi connectivity index (χ4n) is 2.81. The zero-order valence-corrected chi connectivity index (χ0v) is 14.8. The van der Waals surface area contributed by atoms with Crippen LogP contribution in [0.4, 0.5) is 0 Å². The molecule has 0 saturated carbocycles. The van der Waals surface area contributed by atoms with Crippen LogP contribution in [-0.4, -0.2) is 30.9 Å². The van der Waals surface area contributed by atoms with Gasteiger partial charge in [0.1, 0.15) is 6.54 Å². The van der Waals surface area contributed by atoms with Gasteiger partial charge < -0.3 is 5.32 Å². The first-order valence-electron chi connectivity index (χ1n) is 7.63. The van der Waals surface area contributed by atoms with Crippen molar-refractivity contribution in [3.63, 3.8) is 0 Å². The van der Waals surface area contributed by atoms with E-state index in [-0.39, 0.29) is 24.3 Å². The minimum absolute atomic E-state index is 0.0388. The number of hydrogen-bond acceptors (Lipinski definition) is 5. The van der Waals surface area contributed by atoms with Gasteiger partial charge in [0.2, 0.25) is 5.91 Å². The van der Waals surface area contributed by atoms with E-state index >= 15 is 0 Å². The summed E-state index contributed by atoms with van der Waals surface area (Å²) in [6.45, 7) is 7.06. The van der Waals surface area contributed by atoms with Crippen LogP contribution in [0.3, 0.4) is 0 Å². The molecule has 24 heavy (non-hydrogen) atoms. The Labute approximate surface area is 143 Å². The number of amides is 1. The zero-order valence-electron chi connectivity index (χ0n) is 14.0. The summed E-state index contributed by atoms with van der Waals surface area (Å²) in [6, 6.07) is -0.200. The molecule has 3 aromatic heterocycles. The summed E-state index contributed by atoms with van der Waals surface area (Å²) in [4.78, 5) is 29.3. The first kappa shape index (κ1) is 16.4. The van der Waals surface area contributed by atoms with Crippen LogP contribution in [0.25, 0.3) is 4.96 Å². The van der Waals surface area contributed by atoms with Gasteiger partial charge in [0.15, 0.2) is 10.7 Å². The Morgan fingerprint density at radius 3 is 2.75 bits per heavy atom. The molecular formula is C16H19N5O2S. The molecular weight excluding hydrogens is 326 g/mol. The molecule has 1 amide bonds. The minimum Gasteiger partial charge on any atom is -0.346 e. The summed E-state index contributed by atoms with van der Waals surface area (Å²) in [7, 11) is 0. The van der Waals surface area contributed by atoms with Crippen LogP contribution >= 0.6 is 11.3 Å². The van der Waals surface area contributed by atoms with E-state index in [0.29, 0.717) is 17.0 Å². The highest BCUT2D eigenvalue weighted by molar-refractivity contribution is 7.15. The van der Waals surface area contributed by atoms with E-state index in [1.165, 1.54) is 6.92 Å². The van der Waals surface area contributed by atoms with Gasteiger partial charge in [-0.1, -0.05) is 0 Å². The summed E-state index contributed by atoms with van der Waals surface area (Å²) in [5.74, 6) is -0.206. The molecule has 0 aliphatic carbocycles. The fraction of sp³-hybridized carbons (Fsp3) is 0.375. The Balaban J connectivity index is 1.70. The van der Waals surface area contributed by atoms with Gasteiger partial charge in [0.05, 0.1) is 23.0 Å². The normalized spacial score (nSPS) is 12.5. The van der Waals surface area contributed by atoms with Crippen LogP contribution in [0.5, 0.6) is 0 Å². The van der Waals surface area contributed by atoms with E-state index < -0.39 is 0 Å². The molecule has 8 heteroatoms. The first-order valence-corrected chi connectivity index (χ1v) is 8.51. The largest absolute Gasteiger partial charge is 0.346 e. The van der Waals surface area contributed by atoms with Crippen molar-refractivity contribution in [2.75, 3.05) is 0 Å². The third-order valence-electron chi connectivity index (χ3n) is 3.96. The van der Waals surface area contributed by atoms with Crippen LogP contribution in [0.1, 0.15) is 47.3 Å². The quantitative estimate of drug-likeness (QED) is 0.719. The summed E-state index contributed by atoms with van der Waals surface area (Å²) < 4.78 is 3.50. The molecule has 0 aliphatic heterocycles. The van der Waals surface area contributed by atoms with Crippen molar-refractivity contribution in [3.8, 4) is 0 Å². The molecule has 3 aromatic rings. The molecule has 0 bridgehead atoms. The summed E-state index contributed by atoms with van der Waals surface area (Å²) >= 11 is 1.55. The van der Waals surface area contributed by atoms with Crippen molar-refractivity contribution < 1.29 is 9.59 Å². The number of aryl methyl sites for hydroxylation is 1. The second-order valence-electron chi connectivity index (χ2n) is 5.81. The second kappa shape index (κ2) is 6.20. The van der Waals surface area contributed by atoms with E-state index in [9.17, 15) is 9.59 Å². The van der Waals surface area contributed by atoms with Crippen molar-refractivity contribution in [1.29, 1.82) is 0 Å². The van der Waals surface area contributed by atoms with Crippen molar-refractivity contribution in [3.05, 3.63) is 40.4 Å². The van der Waals surface area contributed by atoms with Gasteiger partial charge in [0, 0.05) is 23.5 Å². The van der Waals surface area contributed by atoms with Crippen LogP contribution < -0.4 is 5.32 Å². The standard InChI is InChI=1S/C16H19N5O2S/c1-9(13-7-20-5-6-24-16(20)18-13)17-14(23)8-21-11(3)15(12(4)22)10(2)19-21/h5-7,9H,8H2,1-4H3,(H,17,23)/t9-/m1/s1. The predicted molar refractivity (Wildman–Crippen MR) is 91.3 cm³/mol. The number of nitrogens with zero attached hydrogens (tertiary/aromatic N) is 4. The highest BCUT2D eigenvalue weighted by Gasteiger charge is 2.18. The molecule has 0 fully saturated rings. The molecule has 0 aromatic carbocycles. The fourth-order valence-corrected chi connectivity index (χ4v) is 3.52. The molecule has 1 N–H and O–H groups in total. The maximum atomic E-state index is 12.3. The summed E-state index contributed by atoms with van der Waals surface area (Å²) in [5.41, 5.74) is 2.76. The lowest BCUT2D eigenvalue weighted by atomic mass is 10.1. The number of carbonyl (C=O) groups excluding carboxylic acids is 2. The number of Topliss-reactive ketones (excluding diaryl/α,β-unsaturated/α-hetero) is 1. The number of fused-ring (bicyclic) bond motifs is 1. The number of carbonyl (C=O) groups is 2. The van der Waals surface area contributed by atoms with Crippen molar-refractivity contribution >= 4 is 28.0 Å². The Bertz CT molecular complexity index is 892. The second-order valence-corrected chi connectivity index (χ2v) is 6.68. The van der Waals surface area contributed by atoms with E-state index in [2.05, 4.69) is 15.4 Å². The van der Waals surface area contributed by atoms with Crippen molar-refractivity contribution in [2.24, 2.45) is 0 Å². The molecule has 0 aliphatic rings. The summed E-state index contributed by atoms with van der Waals surface area (Å²) in [5, 5.41) is 9.18. The average molecular weight is 345 g/mol. The lowest BCUT2D eigenvalue weighted by Gasteiger charge is -2.12. The van der Waals surface area contributed by atoms with Crippen molar-refractivity contribution in [2.45, 2.75) is 40.3 Å². The van der Waals surface area contributed by atoms with Gasteiger partial charge in [0.25, 0.3) is 0 Å². The molecule has 1 atom stereocenters. The SMILES string of the molecule is CC(=O)c1c(C)nn(CC(=O)N[C@H](C)c2cn3ccsc3n2)c1C. The highest BCUT2D eigenvalue weighted by atomic mass is 32.1. The monoisotopic (exact) mass is 345 g/mol. The number of aromatic nitrogens is 4. The number of ketones is 1. The first-order chi connectivity index (χ1) is 11.4. The molecule has 3 rings (SSSR count). The third-order valence-corrected chi connectivity index (χ3v) is 4.73. The van der Waals surface area contributed by atoms with Gasteiger partial charge in [-0.05, 0) is 27.7 Å². The van der Waals surface area contributed by atoms with E-state index in [1.54, 1.807) is 29.9 Å². The van der Waals surface area contributed by atoms with Crippen molar-refractivity contribution in [1.82, 2.24) is 24.5 Å². The number of rotatable bonds is 5. The Morgan fingerprint density at radius 1 is 1.38 bits per heavy atom. The number of hydrogen-bond donors (Lipinski definition) is 1. The van der Waals surface area contributed by atoms with E-state index in [1.807, 2.05) is 29.1 Å². The molecule has 126 valence electrons. The van der Waals surface area contributed by atoms with Gasteiger partial charge in [-0.2, -0.15) is 5.10 Å². The molecule has 3 heterocycles. The average Bonchev–Trinajstić information content (AvgIpc) is 3.12. The highest BCUT2D eigenvalue weighted by Crippen LogP contribution is 2.17. The van der Waals surface area contributed by atoms with Crippen LogP contribution in [-0.2, 0) is 11.3 Å². The van der Waals surface area contributed by atoms with Crippen LogP contribution in [0.2, 0.25) is 0 Å². The smallest absolute Gasteiger partial charge is 0.242 e. The van der Waals surface area contributed by atoms with Gasteiger partial charge in [-0.15, -0.1) is 11.3 Å². The number of imidazole rings is 1. The van der Waals surface area contributed by atoms with Gasteiger partial charge in [-0.25, -0.2) is 4.98 Å². The molecule has 0 unspecified atom stereocenters. The minimum atomic E-state index is -0.200. The molecule has 7 nitrogen and oxygen atoms in total. The maximum absolute atomic E-state index is 12.3. The lowest BCUT2D eigenvalue weighted by molar-refractivity contribution is -0.122. The maximum Gasteiger partial charge on any atom is 0.242 e. The van der Waals surface area contributed by atoms with E-state index in [4.69, 9.17) is 0 Å². The van der Waals surface area contributed by atoms with Crippen LogP contribution in [0, 0.1) is 13.8 Å². The predicted octanol–water partition coefficient (Wildman–Crippen LogP) is 2.29. The number of thiazole rings is 1. The molecule has 0 saturated heterocycles. The zero-order chi connectivity index (χ0) is 17.4. The molecule has 0 spiro atoms. The van der Waals surface area contributed by atoms with E-state index in [0.717, 1.165) is 10.7 Å².